The molecule has 34 heavy (non-hydrogen) atoms. The largest absolute Gasteiger partial charge is 0.492 e. The summed E-state index contributed by atoms with van der Waals surface area (Å²) in [4.78, 5) is 24.8. The van der Waals surface area contributed by atoms with Gasteiger partial charge in [-0.3, -0.25) is 9.59 Å². The van der Waals surface area contributed by atoms with Crippen molar-refractivity contribution in [1.82, 2.24) is 9.62 Å². The number of hydrogen-bond acceptors (Lipinski definition) is 8. The summed E-state index contributed by atoms with van der Waals surface area (Å²) in [7, 11) is -3.85. The Bertz CT molecular complexity index is 1180. The molecule has 2 aromatic rings. The lowest BCUT2D eigenvalue weighted by molar-refractivity contribution is -0.115. The van der Waals surface area contributed by atoms with Crippen LogP contribution in [0.5, 0.6) is 17.2 Å². The number of carbonyl (C=O) groups excluding carboxylic acids is 2. The van der Waals surface area contributed by atoms with Crippen molar-refractivity contribution in [3.63, 3.8) is 0 Å². The van der Waals surface area contributed by atoms with E-state index in [9.17, 15) is 18.0 Å². The fraction of sp³-hybridized carbons (Fsp3) is 0.364. The fourth-order valence-electron chi connectivity index (χ4n) is 3.49. The predicted octanol–water partition coefficient (Wildman–Crippen LogP) is 1.20. The average Bonchev–Trinajstić information content (AvgIpc) is 3.32. The summed E-state index contributed by atoms with van der Waals surface area (Å²) in [5.41, 5.74) is 0.578. The Kier molecular flexibility index (Phi) is 7.20. The number of morpholine rings is 1. The third kappa shape index (κ3) is 5.24. The molecule has 2 aromatic carbocycles. The van der Waals surface area contributed by atoms with Gasteiger partial charge in [0.25, 0.3) is 5.91 Å². The SMILES string of the molecule is CCOc1ccc(NC(=O)CNC(=O)c2ccc3c(c2)OCO3)cc1S(=O)(=O)N1CCOCC1. The van der Waals surface area contributed by atoms with E-state index in [1.165, 1.54) is 22.5 Å². The van der Waals surface area contributed by atoms with Gasteiger partial charge in [-0.05, 0) is 43.3 Å². The van der Waals surface area contributed by atoms with Crippen molar-refractivity contribution in [2.45, 2.75) is 11.8 Å². The van der Waals surface area contributed by atoms with Gasteiger partial charge in [-0.25, -0.2) is 8.42 Å². The van der Waals surface area contributed by atoms with Crippen LogP contribution in [0.25, 0.3) is 0 Å². The second-order valence-corrected chi connectivity index (χ2v) is 9.32. The molecule has 0 saturated carbocycles. The van der Waals surface area contributed by atoms with Gasteiger partial charge in [0.2, 0.25) is 22.7 Å². The van der Waals surface area contributed by atoms with Crippen LogP contribution < -0.4 is 24.8 Å². The highest BCUT2D eigenvalue weighted by molar-refractivity contribution is 7.89. The number of anilines is 1. The lowest BCUT2D eigenvalue weighted by atomic mass is 10.2. The number of ether oxygens (including phenoxy) is 4. The smallest absolute Gasteiger partial charge is 0.251 e. The van der Waals surface area contributed by atoms with Crippen LogP contribution in [-0.2, 0) is 19.6 Å². The third-order valence-electron chi connectivity index (χ3n) is 5.16. The number of carbonyl (C=O) groups is 2. The molecule has 11 nitrogen and oxygen atoms in total. The first kappa shape index (κ1) is 23.8. The second kappa shape index (κ2) is 10.3. The minimum absolute atomic E-state index is 0.0431. The van der Waals surface area contributed by atoms with Crippen molar-refractivity contribution in [3.05, 3.63) is 42.0 Å². The number of rotatable bonds is 8. The van der Waals surface area contributed by atoms with Crippen molar-refractivity contribution in [1.29, 1.82) is 0 Å². The molecule has 2 heterocycles. The van der Waals surface area contributed by atoms with Crippen molar-refractivity contribution in [2.75, 3.05) is 51.6 Å². The van der Waals surface area contributed by atoms with Crippen molar-refractivity contribution >= 4 is 27.5 Å². The minimum atomic E-state index is -3.85. The van der Waals surface area contributed by atoms with Crippen molar-refractivity contribution < 1.29 is 37.0 Å². The topological polar surface area (TPSA) is 132 Å². The van der Waals surface area contributed by atoms with E-state index in [1.807, 2.05) is 0 Å². The maximum Gasteiger partial charge on any atom is 0.251 e. The Hall–Kier alpha value is -3.35. The Labute approximate surface area is 197 Å². The monoisotopic (exact) mass is 491 g/mol. The lowest BCUT2D eigenvalue weighted by Gasteiger charge is -2.27. The molecule has 0 unspecified atom stereocenters. The number of sulfonamides is 1. The Balaban J connectivity index is 1.43. The summed E-state index contributed by atoms with van der Waals surface area (Å²) in [5, 5.41) is 5.14. The zero-order valence-corrected chi connectivity index (χ0v) is 19.4. The van der Waals surface area contributed by atoms with E-state index >= 15 is 0 Å². The Morgan fingerprint density at radius 2 is 1.82 bits per heavy atom. The van der Waals surface area contributed by atoms with E-state index in [-0.39, 0.29) is 49.4 Å². The zero-order chi connectivity index (χ0) is 24.1. The van der Waals surface area contributed by atoms with E-state index in [0.717, 1.165) is 0 Å². The maximum atomic E-state index is 13.2. The third-order valence-corrected chi connectivity index (χ3v) is 7.08. The molecule has 2 N–H and O–H groups in total. The first-order chi connectivity index (χ1) is 16.4. The molecule has 12 heteroatoms. The molecule has 0 radical (unpaired) electrons. The molecule has 0 bridgehead atoms. The molecule has 182 valence electrons. The summed E-state index contributed by atoms with van der Waals surface area (Å²) in [6.45, 7) is 2.89. The van der Waals surface area contributed by atoms with Gasteiger partial charge in [0, 0.05) is 24.3 Å². The van der Waals surface area contributed by atoms with Gasteiger partial charge in [0.15, 0.2) is 11.5 Å². The molecule has 0 atom stereocenters. The molecule has 0 aromatic heterocycles. The van der Waals surface area contributed by atoms with Gasteiger partial charge < -0.3 is 29.6 Å². The van der Waals surface area contributed by atoms with Crippen LogP contribution in [0.1, 0.15) is 17.3 Å². The molecule has 2 aliphatic heterocycles. The highest BCUT2D eigenvalue weighted by Gasteiger charge is 2.30. The molecule has 2 aliphatic rings. The van der Waals surface area contributed by atoms with Gasteiger partial charge in [-0.15, -0.1) is 0 Å². The fourth-order valence-corrected chi connectivity index (χ4v) is 5.06. The number of hydrogen-bond donors (Lipinski definition) is 2. The highest BCUT2D eigenvalue weighted by atomic mass is 32.2. The standard InChI is InChI=1S/C22H25N3O8S/c1-2-31-18-6-4-16(12-20(18)34(28,29)25-7-9-30-10-8-25)24-21(26)13-23-22(27)15-3-5-17-19(11-15)33-14-32-17/h3-6,11-12H,2,7-10,13-14H2,1H3,(H,23,27)(H,24,26). The number of nitrogens with one attached hydrogen (secondary N) is 2. The summed E-state index contributed by atoms with van der Waals surface area (Å²) >= 11 is 0. The summed E-state index contributed by atoms with van der Waals surface area (Å²) in [6.07, 6.45) is 0. The summed E-state index contributed by atoms with van der Waals surface area (Å²) in [5.74, 6) is 0.222. The van der Waals surface area contributed by atoms with Crippen LogP contribution in [-0.4, -0.2) is 70.8 Å². The van der Waals surface area contributed by atoms with E-state index in [4.69, 9.17) is 18.9 Å². The highest BCUT2D eigenvalue weighted by Crippen LogP contribution is 2.32. The maximum absolute atomic E-state index is 13.2. The summed E-state index contributed by atoms with van der Waals surface area (Å²) < 4.78 is 48.9. The van der Waals surface area contributed by atoms with Gasteiger partial charge in [-0.1, -0.05) is 0 Å². The first-order valence-electron chi connectivity index (χ1n) is 10.7. The van der Waals surface area contributed by atoms with Crippen LogP contribution in [0.15, 0.2) is 41.3 Å². The zero-order valence-electron chi connectivity index (χ0n) is 18.5. The molecule has 1 fully saturated rings. The van der Waals surface area contributed by atoms with Crippen LogP contribution in [0, 0.1) is 0 Å². The van der Waals surface area contributed by atoms with E-state index in [1.54, 1.807) is 25.1 Å². The average molecular weight is 492 g/mol. The number of nitrogens with zero attached hydrogens (tertiary/aromatic N) is 1. The predicted molar refractivity (Wildman–Crippen MR) is 121 cm³/mol. The van der Waals surface area contributed by atoms with E-state index in [0.29, 0.717) is 30.3 Å². The molecule has 1 saturated heterocycles. The van der Waals surface area contributed by atoms with E-state index in [2.05, 4.69) is 10.6 Å². The minimum Gasteiger partial charge on any atom is -0.492 e. The summed E-state index contributed by atoms with van der Waals surface area (Å²) in [6, 6.07) is 9.11. The molecular weight excluding hydrogens is 466 g/mol. The quantitative estimate of drug-likeness (QED) is 0.563. The molecule has 0 aliphatic carbocycles. The van der Waals surface area contributed by atoms with Crippen LogP contribution in [0.3, 0.4) is 0 Å². The van der Waals surface area contributed by atoms with Gasteiger partial charge in [0.1, 0.15) is 10.6 Å². The van der Waals surface area contributed by atoms with Gasteiger partial charge in [-0.2, -0.15) is 4.31 Å². The van der Waals surface area contributed by atoms with Crippen LogP contribution >= 0.6 is 0 Å². The number of amides is 2. The normalized spacial score (nSPS) is 15.6. The van der Waals surface area contributed by atoms with Crippen molar-refractivity contribution in [2.24, 2.45) is 0 Å². The Morgan fingerprint density at radius 1 is 1.06 bits per heavy atom. The number of benzene rings is 2. The molecule has 4 rings (SSSR count). The first-order valence-corrected chi connectivity index (χ1v) is 12.1. The van der Waals surface area contributed by atoms with Gasteiger partial charge in [0.05, 0.1) is 26.4 Å². The number of fused-ring (bicyclic) bond motifs is 1. The second-order valence-electron chi connectivity index (χ2n) is 7.41. The molecule has 2 amide bonds. The van der Waals surface area contributed by atoms with Crippen LogP contribution in [0.4, 0.5) is 5.69 Å². The Morgan fingerprint density at radius 3 is 2.59 bits per heavy atom. The molecular formula is C22H25N3O8S. The van der Waals surface area contributed by atoms with Crippen molar-refractivity contribution in [3.8, 4) is 17.2 Å². The van der Waals surface area contributed by atoms with Crippen LogP contribution in [0.2, 0.25) is 0 Å². The lowest BCUT2D eigenvalue weighted by Crippen LogP contribution is -2.40. The van der Waals surface area contributed by atoms with Gasteiger partial charge >= 0.3 is 0 Å². The molecule has 0 spiro atoms. The van der Waals surface area contributed by atoms with E-state index < -0.39 is 21.8 Å².